The van der Waals surface area contributed by atoms with Gasteiger partial charge in [-0.1, -0.05) is 30.7 Å². The lowest BCUT2D eigenvalue weighted by Gasteiger charge is -2.47. The number of aliphatic hydroxyl groups is 1. The van der Waals surface area contributed by atoms with E-state index in [1.54, 1.807) is 24.4 Å². The minimum Gasteiger partial charge on any atom is -0.462 e. The molecule has 2 heterocycles. The number of allylic oxidation sites excluding steroid dienone is 1. The molecule has 1 saturated heterocycles. The van der Waals surface area contributed by atoms with Gasteiger partial charge in [-0.05, 0) is 73.8 Å². The van der Waals surface area contributed by atoms with E-state index in [9.17, 15) is 23.1 Å². The summed E-state index contributed by atoms with van der Waals surface area (Å²) in [6.45, 7) is 1.95. The van der Waals surface area contributed by atoms with E-state index in [4.69, 9.17) is 4.74 Å². The quantitative estimate of drug-likeness (QED) is 0.579. The molecule has 5 rings (SSSR count). The second-order valence-corrected chi connectivity index (χ2v) is 9.87. The lowest BCUT2D eigenvalue weighted by molar-refractivity contribution is -0.145. The molecule has 0 spiro atoms. The number of carbonyl (C=O) groups is 1. The van der Waals surface area contributed by atoms with Gasteiger partial charge in [-0.3, -0.25) is 9.78 Å². The molecule has 2 aliphatic carbocycles. The van der Waals surface area contributed by atoms with Crippen molar-refractivity contribution < 1.29 is 27.8 Å². The standard InChI is InChI=1S/C27H28F3NO3/c1-15-25-21(20-6-3-7-24(32)22(20)13-23(25)26(33)34-15)11-10-19-9-8-17(14-31-19)16-4-2-5-18(12-16)27(28,29)30/h2,4-5,8-12,14-15,20-25,32H,3,6-7,13H2,1H3/b11-10+/t15-,20?,21+,22?,23?,24?,25?/m1/s1. The first-order valence-corrected chi connectivity index (χ1v) is 11.9. The number of nitrogens with zero attached hydrogens (tertiary/aromatic N) is 1. The number of halogens is 3. The van der Waals surface area contributed by atoms with E-state index in [0.717, 1.165) is 31.4 Å². The second-order valence-electron chi connectivity index (χ2n) is 9.87. The summed E-state index contributed by atoms with van der Waals surface area (Å²) in [4.78, 5) is 16.9. The number of ether oxygens (including phenoxy) is 1. The molecule has 7 heteroatoms. The van der Waals surface area contributed by atoms with Crippen molar-refractivity contribution in [2.45, 2.75) is 51.0 Å². The van der Waals surface area contributed by atoms with E-state index in [0.29, 0.717) is 29.2 Å². The summed E-state index contributed by atoms with van der Waals surface area (Å²) in [5.41, 5.74) is 1.08. The van der Waals surface area contributed by atoms with E-state index in [1.165, 1.54) is 6.07 Å². The van der Waals surface area contributed by atoms with E-state index >= 15 is 0 Å². The van der Waals surface area contributed by atoms with Crippen molar-refractivity contribution in [3.63, 3.8) is 0 Å². The molecule has 0 radical (unpaired) electrons. The third-order valence-electron chi connectivity index (χ3n) is 7.96. The van der Waals surface area contributed by atoms with Crippen LogP contribution >= 0.6 is 0 Å². The molecule has 3 aliphatic rings. The molecule has 2 saturated carbocycles. The van der Waals surface area contributed by atoms with Gasteiger partial charge in [0.1, 0.15) is 6.10 Å². The predicted molar refractivity (Wildman–Crippen MR) is 121 cm³/mol. The molecule has 0 amide bonds. The predicted octanol–water partition coefficient (Wildman–Crippen LogP) is 5.76. The monoisotopic (exact) mass is 471 g/mol. The maximum atomic E-state index is 13.0. The Hall–Kier alpha value is -2.67. The van der Waals surface area contributed by atoms with Gasteiger partial charge in [0.15, 0.2) is 0 Å². The van der Waals surface area contributed by atoms with Crippen LogP contribution in [0.2, 0.25) is 0 Å². The van der Waals surface area contributed by atoms with Gasteiger partial charge >= 0.3 is 12.1 Å². The Kier molecular flexibility index (Phi) is 6.00. The number of hydrogen-bond acceptors (Lipinski definition) is 4. The average molecular weight is 472 g/mol. The zero-order chi connectivity index (χ0) is 24.0. The molecule has 1 aliphatic heterocycles. The Balaban J connectivity index is 1.39. The number of rotatable bonds is 3. The summed E-state index contributed by atoms with van der Waals surface area (Å²) < 4.78 is 44.7. The number of aliphatic hydroxyl groups excluding tert-OH is 1. The maximum absolute atomic E-state index is 13.0. The average Bonchev–Trinajstić information content (AvgIpc) is 3.10. The molecule has 7 atom stereocenters. The summed E-state index contributed by atoms with van der Waals surface area (Å²) in [5, 5.41) is 10.6. The van der Waals surface area contributed by atoms with Crippen molar-refractivity contribution in [1.82, 2.24) is 4.98 Å². The highest BCUT2D eigenvalue weighted by molar-refractivity contribution is 5.75. The number of pyridine rings is 1. The highest BCUT2D eigenvalue weighted by Crippen LogP contribution is 2.53. The van der Waals surface area contributed by atoms with E-state index in [-0.39, 0.29) is 41.8 Å². The van der Waals surface area contributed by atoms with Crippen LogP contribution in [0.1, 0.15) is 43.9 Å². The minimum absolute atomic E-state index is 0.0830. The van der Waals surface area contributed by atoms with Crippen LogP contribution in [-0.2, 0) is 15.7 Å². The smallest absolute Gasteiger partial charge is 0.416 e. The first kappa shape index (κ1) is 23.1. The Morgan fingerprint density at radius 1 is 1.12 bits per heavy atom. The first-order chi connectivity index (χ1) is 16.2. The lowest BCUT2D eigenvalue weighted by Crippen LogP contribution is -2.47. The van der Waals surface area contributed by atoms with Gasteiger partial charge in [0.2, 0.25) is 0 Å². The number of hydrogen-bond donors (Lipinski definition) is 1. The van der Waals surface area contributed by atoms with Crippen LogP contribution in [0, 0.1) is 29.6 Å². The highest BCUT2D eigenvalue weighted by Gasteiger charge is 2.55. The van der Waals surface area contributed by atoms with Crippen LogP contribution in [-0.4, -0.2) is 28.3 Å². The van der Waals surface area contributed by atoms with Gasteiger partial charge in [-0.15, -0.1) is 0 Å². The summed E-state index contributed by atoms with van der Waals surface area (Å²) in [5.74, 6) is 0.233. The van der Waals surface area contributed by atoms with Gasteiger partial charge in [-0.2, -0.15) is 13.2 Å². The van der Waals surface area contributed by atoms with Crippen molar-refractivity contribution in [3.8, 4) is 11.1 Å². The van der Waals surface area contributed by atoms with Crippen molar-refractivity contribution in [1.29, 1.82) is 0 Å². The number of esters is 1. The van der Waals surface area contributed by atoms with Crippen LogP contribution in [0.4, 0.5) is 13.2 Å². The number of benzene rings is 1. The molecule has 1 aromatic heterocycles. The number of aromatic nitrogens is 1. The normalized spacial score (nSPS) is 33.4. The van der Waals surface area contributed by atoms with Crippen LogP contribution in [0.25, 0.3) is 17.2 Å². The van der Waals surface area contributed by atoms with E-state index < -0.39 is 11.7 Å². The molecule has 1 aromatic carbocycles. The van der Waals surface area contributed by atoms with Crippen molar-refractivity contribution >= 4 is 12.0 Å². The lowest BCUT2D eigenvalue weighted by atomic mass is 9.56. The molecule has 4 nitrogen and oxygen atoms in total. The van der Waals surface area contributed by atoms with Crippen molar-refractivity contribution in [3.05, 3.63) is 59.9 Å². The SMILES string of the molecule is C[C@H]1OC(=O)C2CC3C(O)CCCC3[C@H](/C=C/c3ccc(-c4cccc(C(F)(F)F)c4)cn3)C21. The Morgan fingerprint density at radius 3 is 2.68 bits per heavy atom. The van der Waals surface area contributed by atoms with Crippen LogP contribution in [0.15, 0.2) is 48.7 Å². The zero-order valence-corrected chi connectivity index (χ0v) is 18.9. The first-order valence-electron chi connectivity index (χ1n) is 11.9. The molecule has 0 bridgehead atoms. The van der Waals surface area contributed by atoms with Crippen molar-refractivity contribution in [2.24, 2.45) is 29.6 Å². The molecular formula is C27H28F3NO3. The maximum Gasteiger partial charge on any atom is 0.416 e. The molecule has 1 N–H and O–H groups in total. The van der Waals surface area contributed by atoms with E-state index in [2.05, 4.69) is 11.1 Å². The van der Waals surface area contributed by atoms with Crippen LogP contribution in [0.5, 0.6) is 0 Å². The third kappa shape index (κ3) is 4.26. The van der Waals surface area contributed by atoms with Gasteiger partial charge in [-0.25, -0.2) is 0 Å². The molecular weight excluding hydrogens is 443 g/mol. The molecule has 5 unspecified atom stereocenters. The van der Waals surface area contributed by atoms with E-state index in [1.807, 2.05) is 13.0 Å². The van der Waals surface area contributed by atoms with Gasteiger partial charge in [0.05, 0.1) is 23.3 Å². The minimum atomic E-state index is -4.39. The number of carbonyl (C=O) groups excluding carboxylic acids is 1. The number of alkyl halides is 3. The second kappa shape index (κ2) is 8.84. The number of fused-ring (bicyclic) bond motifs is 2. The van der Waals surface area contributed by atoms with Crippen LogP contribution < -0.4 is 0 Å². The van der Waals surface area contributed by atoms with Gasteiger partial charge in [0, 0.05) is 17.7 Å². The molecule has 2 aromatic rings. The summed E-state index contributed by atoms with van der Waals surface area (Å²) >= 11 is 0. The summed E-state index contributed by atoms with van der Waals surface area (Å²) in [7, 11) is 0. The fraction of sp³-hybridized carbons (Fsp3) is 0.481. The molecule has 34 heavy (non-hydrogen) atoms. The van der Waals surface area contributed by atoms with Crippen molar-refractivity contribution in [2.75, 3.05) is 0 Å². The fourth-order valence-corrected chi connectivity index (χ4v) is 6.36. The Labute approximate surface area is 196 Å². The molecule has 3 fully saturated rings. The molecule has 180 valence electrons. The summed E-state index contributed by atoms with van der Waals surface area (Å²) in [6, 6.07) is 8.77. The third-order valence-corrected chi connectivity index (χ3v) is 7.96. The summed E-state index contributed by atoms with van der Waals surface area (Å²) in [6.07, 6.45) is 4.13. The Morgan fingerprint density at radius 2 is 1.94 bits per heavy atom. The Bertz CT molecular complexity index is 1080. The highest BCUT2D eigenvalue weighted by atomic mass is 19.4. The zero-order valence-electron chi connectivity index (χ0n) is 18.9. The number of cyclic esters (lactones) is 1. The van der Waals surface area contributed by atoms with Crippen LogP contribution in [0.3, 0.4) is 0 Å². The van der Waals surface area contributed by atoms with Gasteiger partial charge in [0.25, 0.3) is 0 Å². The largest absolute Gasteiger partial charge is 0.462 e. The van der Waals surface area contributed by atoms with Gasteiger partial charge < -0.3 is 9.84 Å². The fourth-order valence-electron chi connectivity index (χ4n) is 6.36. The topological polar surface area (TPSA) is 59.4 Å².